The number of aliphatic carboxylic acids is 1. The Morgan fingerprint density at radius 1 is 1.25 bits per heavy atom. The van der Waals surface area contributed by atoms with E-state index in [0.29, 0.717) is 25.1 Å². The Kier molecular flexibility index (Phi) is 4.50. The molecule has 7 heteroatoms. The SMILES string of the molecule is Cc1ccn(-c2ccc(NC(=O)N3CCCC(C(=O)O)C3)cc2)n1. The number of aryl methyl sites for hydroxylation is 1. The summed E-state index contributed by atoms with van der Waals surface area (Å²) in [5.74, 6) is -1.32. The lowest BCUT2D eigenvalue weighted by Gasteiger charge is -2.30. The molecule has 0 radical (unpaired) electrons. The number of carbonyl (C=O) groups is 2. The summed E-state index contributed by atoms with van der Waals surface area (Å²) in [4.78, 5) is 24.9. The summed E-state index contributed by atoms with van der Waals surface area (Å²) in [7, 11) is 0. The molecule has 0 saturated carbocycles. The largest absolute Gasteiger partial charge is 0.481 e. The van der Waals surface area contributed by atoms with Crippen LogP contribution in [0.5, 0.6) is 0 Å². The number of urea groups is 1. The molecule has 2 heterocycles. The first kappa shape index (κ1) is 16.0. The van der Waals surface area contributed by atoms with E-state index in [-0.39, 0.29) is 12.6 Å². The number of hydrogen-bond donors (Lipinski definition) is 2. The maximum Gasteiger partial charge on any atom is 0.321 e. The van der Waals surface area contributed by atoms with E-state index in [9.17, 15) is 9.59 Å². The van der Waals surface area contributed by atoms with Crippen molar-refractivity contribution in [1.82, 2.24) is 14.7 Å². The number of benzene rings is 1. The molecule has 1 saturated heterocycles. The molecular formula is C17H20N4O3. The molecule has 7 nitrogen and oxygen atoms in total. The first-order chi connectivity index (χ1) is 11.5. The third-order valence-electron chi connectivity index (χ3n) is 4.16. The fraction of sp³-hybridized carbons (Fsp3) is 0.353. The average Bonchev–Trinajstić information content (AvgIpc) is 3.02. The molecule has 2 aromatic rings. The zero-order valence-corrected chi connectivity index (χ0v) is 13.5. The van der Waals surface area contributed by atoms with E-state index in [1.807, 2.05) is 43.5 Å². The summed E-state index contributed by atoms with van der Waals surface area (Å²) >= 11 is 0. The van der Waals surface area contributed by atoms with Gasteiger partial charge in [0.05, 0.1) is 17.3 Å². The summed E-state index contributed by atoms with van der Waals surface area (Å²) < 4.78 is 1.77. The Morgan fingerprint density at radius 2 is 2.00 bits per heavy atom. The minimum atomic E-state index is -0.841. The maximum absolute atomic E-state index is 12.3. The highest BCUT2D eigenvalue weighted by atomic mass is 16.4. The molecule has 1 fully saturated rings. The number of nitrogens with zero attached hydrogens (tertiary/aromatic N) is 3. The molecular weight excluding hydrogens is 308 g/mol. The van der Waals surface area contributed by atoms with Crippen molar-refractivity contribution < 1.29 is 14.7 Å². The molecule has 1 atom stereocenters. The van der Waals surface area contributed by atoms with Crippen LogP contribution in [0.15, 0.2) is 36.5 Å². The van der Waals surface area contributed by atoms with Gasteiger partial charge < -0.3 is 15.3 Å². The summed E-state index contributed by atoms with van der Waals surface area (Å²) in [6.45, 7) is 2.76. The molecule has 3 rings (SSSR count). The van der Waals surface area contributed by atoms with Crippen LogP contribution in [0.4, 0.5) is 10.5 Å². The van der Waals surface area contributed by atoms with Gasteiger partial charge in [-0.05, 0) is 50.1 Å². The third kappa shape index (κ3) is 3.56. The molecule has 1 aromatic heterocycles. The van der Waals surface area contributed by atoms with Crippen LogP contribution >= 0.6 is 0 Å². The van der Waals surface area contributed by atoms with E-state index in [4.69, 9.17) is 5.11 Å². The van der Waals surface area contributed by atoms with Gasteiger partial charge in [-0.1, -0.05) is 0 Å². The number of carbonyl (C=O) groups excluding carboxylic acids is 1. The van der Waals surface area contributed by atoms with E-state index >= 15 is 0 Å². The molecule has 1 aliphatic heterocycles. The van der Waals surface area contributed by atoms with Gasteiger partial charge >= 0.3 is 12.0 Å². The molecule has 0 bridgehead atoms. The zero-order valence-electron chi connectivity index (χ0n) is 13.5. The number of amides is 2. The predicted octanol–water partition coefficient (Wildman–Crippen LogP) is 2.51. The summed E-state index contributed by atoms with van der Waals surface area (Å²) in [6, 6.07) is 9.02. The van der Waals surface area contributed by atoms with E-state index in [1.165, 1.54) is 0 Å². The van der Waals surface area contributed by atoms with Crippen LogP contribution in [0, 0.1) is 12.8 Å². The molecule has 1 aromatic carbocycles. The smallest absolute Gasteiger partial charge is 0.321 e. The highest BCUT2D eigenvalue weighted by Gasteiger charge is 2.28. The Labute approximate surface area is 139 Å². The first-order valence-electron chi connectivity index (χ1n) is 7.94. The number of anilines is 1. The second-order valence-electron chi connectivity index (χ2n) is 6.00. The van der Waals surface area contributed by atoms with Gasteiger partial charge in [-0.15, -0.1) is 0 Å². The fourth-order valence-corrected chi connectivity index (χ4v) is 2.82. The lowest BCUT2D eigenvalue weighted by Crippen LogP contribution is -2.44. The van der Waals surface area contributed by atoms with Crippen molar-refractivity contribution in [1.29, 1.82) is 0 Å². The van der Waals surface area contributed by atoms with E-state index in [0.717, 1.165) is 11.4 Å². The normalized spacial score (nSPS) is 17.5. The molecule has 2 amide bonds. The fourth-order valence-electron chi connectivity index (χ4n) is 2.82. The number of hydrogen-bond acceptors (Lipinski definition) is 3. The van der Waals surface area contributed by atoms with Gasteiger partial charge in [0, 0.05) is 25.0 Å². The van der Waals surface area contributed by atoms with Gasteiger partial charge in [0.15, 0.2) is 0 Å². The van der Waals surface area contributed by atoms with Crippen molar-refractivity contribution in [2.24, 2.45) is 5.92 Å². The number of aromatic nitrogens is 2. The Balaban J connectivity index is 1.63. The highest BCUT2D eigenvalue weighted by Crippen LogP contribution is 2.19. The van der Waals surface area contributed by atoms with E-state index in [1.54, 1.807) is 9.58 Å². The van der Waals surface area contributed by atoms with Crippen molar-refractivity contribution >= 4 is 17.7 Å². The molecule has 2 N–H and O–H groups in total. The maximum atomic E-state index is 12.3. The van der Waals surface area contributed by atoms with Crippen LogP contribution in [0.2, 0.25) is 0 Å². The van der Waals surface area contributed by atoms with Crippen LogP contribution in [-0.2, 0) is 4.79 Å². The van der Waals surface area contributed by atoms with Gasteiger partial charge in [-0.25, -0.2) is 9.48 Å². The molecule has 0 aliphatic carbocycles. The van der Waals surface area contributed by atoms with Crippen molar-refractivity contribution in [2.45, 2.75) is 19.8 Å². The van der Waals surface area contributed by atoms with Gasteiger partial charge in [0.25, 0.3) is 0 Å². The average molecular weight is 328 g/mol. The third-order valence-corrected chi connectivity index (χ3v) is 4.16. The van der Waals surface area contributed by atoms with Crippen molar-refractivity contribution in [3.05, 3.63) is 42.2 Å². The van der Waals surface area contributed by atoms with Gasteiger partial charge in [0.2, 0.25) is 0 Å². The van der Waals surface area contributed by atoms with E-state index < -0.39 is 11.9 Å². The molecule has 1 unspecified atom stereocenters. The lowest BCUT2D eigenvalue weighted by molar-refractivity contribution is -0.143. The number of likely N-dealkylation sites (tertiary alicyclic amines) is 1. The minimum absolute atomic E-state index is 0.256. The number of rotatable bonds is 3. The van der Waals surface area contributed by atoms with Gasteiger partial charge in [-0.2, -0.15) is 5.10 Å². The second kappa shape index (κ2) is 6.74. The van der Waals surface area contributed by atoms with Crippen molar-refractivity contribution in [3.63, 3.8) is 0 Å². The summed E-state index contributed by atoms with van der Waals surface area (Å²) in [5.41, 5.74) is 2.51. The summed E-state index contributed by atoms with van der Waals surface area (Å²) in [6.07, 6.45) is 3.21. The Hall–Kier alpha value is -2.83. The van der Waals surface area contributed by atoms with Crippen LogP contribution in [0.3, 0.4) is 0 Å². The first-order valence-corrected chi connectivity index (χ1v) is 7.94. The molecule has 24 heavy (non-hydrogen) atoms. The number of carboxylic acid groups (broad SMARTS) is 1. The summed E-state index contributed by atoms with van der Waals surface area (Å²) in [5, 5.41) is 16.3. The highest BCUT2D eigenvalue weighted by molar-refractivity contribution is 5.89. The van der Waals surface area contributed by atoms with E-state index in [2.05, 4.69) is 10.4 Å². The van der Waals surface area contributed by atoms with Crippen LogP contribution < -0.4 is 5.32 Å². The standard InChI is InChI=1S/C17H20N4O3/c1-12-8-10-21(19-12)15-6-4-14(5-7-15)18-17(24)20-9-2-3-13(11-20)16(22)23/h4-8,10,13H,2-3,9,11H2,1H3,(H,18,24)(H,22,23). The van der Waals surface area contributed by atoms with Crippen LogP contribution in [-0.4, -0.2) is 44.9 Å². The Morgan fingerprint density at radius 3 is 2.62 bits per heavy atom. The second-order valence-corrected chi connectivity index (χ2v) is 6.00. The van der Waals surface area contributed by atoms with Crippen LogP contribution in [0.1, 0.15) is 18.5 Å². The quantitative estimate of drug-likeness (QED) is 0.906. The molecule has 126 valence electrons. The lowest BCUT2D eigenvalue weighted by atomic mass is 9.99. The number of nitrogens with one attached hydrogen (secondary N) is 1. The topological polar surface area (TPSA) is 87.5 Å². The number of piperidine rings is 1. The predicted molar refractivity (Wildman–Crippen MR) is 89.3 cm³/mol. The molecule has 0 spiro atoms. The minimum Gasteiger partial charge on any atom is -0.481 e. The van der Waals surface area contributed by atoms with Crippen molar-refractivity contribution in [2.75, 3.05) is 18.4 Å². The zero-order chi connectivity index (χ0) is 17.1. The number of carboxylic acids is 1. The van der Waals surface area contributed by atoms with Crippen LogP contribution in [0.25, 0.3) is 5.69 Å². The van der Waals surface area contributed by atoms with Gasteiger partial charge in [-0.3, -0.25) is 4.79 Å². The Bertz CT molecular complexity index is 739. The van der Waals surface area contributed by atoms with Gasteiger partial charge in [0.1, 0.15) is 0 Å². The molecule has 1 aliphatic rings. The monoisotopic (exact) mass is 328 g/mol. The van der Waals surface area contributed by atoms with Crippen molar-refractivity contribution in [3.8, 4) is 5.69 Å².